The van der Waals surface area contributed by atoms with E-state index in [4.69, 9.17) is 0 Å². The van der Waals surface area contributed by atoms with Crippen LogP contribution in [-0.2, 0) is 9.84 Å². The molecule has 0 fully saturated rings. The zero-order chi connectivity index (χ0) is 12.9. The zero-order valence-corrected chi connectivity index (χ0v) is 11.4. The second-order valence-corrected chi connectivity index (χ2v) is 6.37. The molecule has 0 aliphatic rings. The first-order valence-corrected chi connectivity index (χ1v) is 7.78. The molecule has 5 nitrogen and oxygen atoms in total. The van der Waals surface area contributed by atoms with E-state index in [1.165, 1.54) is 24.3 Å². The summed E-state index contributed by atoms with van der Waals surface area (Å²) in [5, 5.41) is 11.2. The third-order valence-corrected chi connectivity index (χ3v) is 4.58. The van der Waals surface area contributed by atoms with Crippen molar-refractivity contribution < 1.29 is 13.3 Å². The summed E-state index contributed by atoms with van der Waals surface area (Å²) < 4.78 is 23.6. The van der Waals surface area contributed by atoms with Crippen molar-refractivity contribution in [3.8, 4) is 0 Å². The van der Waals surface area contributed by atoms with Crippen LogP contribution in [0.4, 0.5) is 5.69 Å². The van der Waals surface area contributed by atoms with Crippen molar-refractivity contribution in [3.05, 3.63) is 34.4 Å². The minimum Gasteiger partial charge on any atom is -0.258 e. The number of hydrogen-bond donors (Lipinski definition) is 0. The predicted molar refractivity (Wildman–Crippen MR) is 68.2 cm³/mol. The molecule has 1 rings (SSSR count). The summed E-state index contributed by atoms with van der Waals surface area (Å²) >= 11 is 3.23. The summed E-state index contributed by atoms with van der Waals surface area (Å²) in [5.41, 5.74) is -0.107. The first-order valence-electron chi connectivity index (χ1n) is 5.00. The fourth-order valence-electron chi connectivity index (χ4n) is 1.28. The van der Waals surface area contributed by atoms with Gasteiger partial charge in [0.2, 0.25) is 0 Å². The summed E-state index contributed by atoms with van der Waals surface area (Å²) in [5.74, 6) is 0.0659. The number of benzene rings is 1. The van der Waals surface area contributed by atoms with E-state index in [2.05, 4.69) is 15.9 Å². The van der Waals surface area contributed by atoms with Gasteiger partial charge in [-0.3, -0.25) is 10.1 Å². The van der Waals surface area contributed by atoms with Gasteiger partial charge in [-0.25, -0.2) is 8.42 Å². The maximum Gasteiger partial charge on any atom is 0.269 e. The predicted octanol–water partition coefficient (Wildman–Crippen LogP) is 2.54. The average molecular weight is 322 g/mol. The van der Waals surface area contributed by atoms with Crippen molar-refractivity contribution >= 4 is 31.5 Å². The number of unbranched alkanes of at least 4 members (excludes halogenated alkanes) is 1. The Morgan fingerprint density at radius 1 is 1.18 bits per heavy atom. The molecule has 0 atom stereocenters. The van der Waals surface area contributed by atoms with Gasteiger partial charge in [0.15, 0.2) is 9.84 Å². The Morgan fingerprint density at radius 3 is 2.24 bits per heavy atom. The first kappa shape index (κ1) is 14.1. The maximum absolute atomic E-state index is 11.8. The molecule has 0 amide bonds. The van der Waals surface area contributed by atoms with Crippen LogP contribution in [0.3, 0.4) is 0 Å². The molecular formula is C10H12BrNO4S. The van der Waals surface area contributed by atoms with Gasteiger partial charge >= 0.3 is 0 Å². The van der Waals surface area contributed by atoms with E-state index in [1.54, 1.807) is 0 Å². The molecule has 0 saturated heterocycles. The van der Waals surface area contributed by atoms with E-state index < -0.39 is 14.8 Å². The Morgan fingerprint density at radius 2 is 1.76 bits per heavy atom. The number of nitro benzene ring substituents is 1. The maximum atomic E-state index is 11.8. The second-order valence-electron chi connectivity index (χ2n) is 3.47. The molecule has 1 aromatic carbocycles. The third kappa shape index (κ3) is 4.08. The molecule has 0 aliphatic carbocycles. The van der Waals surface area contributed by atoms with Crippen molar-refractivity contribution in [1.29, 1.82) is 0 Å². The Bertz CT molecular complexity index is 484. The number of hydrogen-bond acceptors (Lipinski definition) is 4. The van der Waals surface area contributed by atoms with Gasteiger partial charge in [0.1, 0.15) is 0 Å². The third-order valence-electron chi connectivity index (χ3n) is 2.20. The SMILES string of the molecule is O=[N+]([O-])c1ccc(S(=O)(=O)CCCCBr)cc1. The van der Waals surface area contributed by atoms with Gasteiger partial charge in [-0.15, -0.1) is 0 Å². The topological polar surface area (TPSA) is 77.3 Å². The molecule has 17 heavy (non-hydrogen) atoms. The lowest BCUT2D eigenvalue weighted by atomic mass is 10.3. The van der Waals surface area contributed by atoms with Crippen LogP contribution >= 0.6 is 15.9 Å². The van der Waals surface area contributed by atoms with Gasteiger partial charge in [-0.1, -0.05) is 15.9 Å². The average Bonchev–Trinajstić information content (AvgIpc) is 2.29. The van der Waals surface area contributed by atoms with Crippen LogP contribution in [0.1, 0.15) is 12.8 Å². The van der Waals surface area contributed by atoms with Gasteiger partial charge in [0.25, 0.3) is 5.69 Å². The molecule has 0 aromatic heterocycles. The van der Waals surface area contributed by atoms with Crippen molar-refractivity contribution in [2.45, 2.75) is 17.7 Å². The fraction of sp³-hybridized carbons (Fsp3) is 0.400. The number of sulfone groups is 1. The Kier molecular flexibility index (Phi) is 5.07. The highest BCUT2D eigenvalue weighted by Gasteiger charge is 2.15. The van der Waals surface area contributed by atoms with E-state index >= 15 is 0 Å². The van der Waals surface area contributed by atoms with E-state index in [1.807, 2.05) is 0 Å². The normalized spacial score (nSPS) is 11.4. The summed E-state index contributed by atoms with van der Waals surface area (Å²) in [6, 6.07) is 4.97. The molecule has 94 valence electrons. The molecule has 0 heterocycles. The minimum atomic E-state index is -3.32. The van der Waals surface area contributed by atoms with Crippen molar-refractivity contribution in [2.75, 3.05) is 11.1 Å². The van der Waals surface area contributed by atoms with Crippen molar-refractivity contribution in [2.24, 2.45) is 0 Å². The molecule has 0 N–H and O–H groups in total. The Hall–Kier alpha value is -0.950. The molecule has 0 radical (unpaired) electrons. The first-order chi connectivity index (χ1) is 7.97. The summed E-state index contributed by atoms with van der Waals surface area (Å²) in [6.07, 6.45) is 1.36. The summed E-state index contributed by atoms with van der Waals surface area (Å²) in [4.78, 5) is 10.0. The molecule has 0 bridgehead atoms. The lowest BCUT2D eigenvalue weighted by molar-refractivity contribution is -0.384. The number of non-ortho nitro benzene ring substituents is 1. The van der Waals surface area contributed by atoms with Gasteiger partial charge in [-0.05, 0) is 25.0 Å². The summed E-state index contributed by atoms with van der Waals surface area (Å²) in [6.45, 7) is 0. The fourth-order valence-corrected chi connectivity index (χ4v) is 3.05. The number of nitrogens with zero attached hydrogens (tertiary/aromatic N) is 1. The van der Waals surface area contributed by atoms with Crippen molar-refractivity contribution in [1.82, 2.24) is 0 Å². The van der Waals surface area contributed by atoms with Gasteiger partial charge in [-0.2, -0.15) is 0 Å². The largest absolute Gasteiger partial charge is 0.269 e. The van der Waals surface area contributed by atoms with Crippen LogP contribution in [-0.4, -0.2) is 24.4 Å². The number of halogens is 1. The highest BCUT2D eigenvalue weighted by atomic mass is 79.9. The highest BCUT2D eigenvalue weighted by molar-refractivity contribution is 9.09. The lowest BCUT2D eigenvalue weighted by Gasteiger charge is -2.03. The lowest BCUT2D eigenvalue weighted by Crippen LogP contribution is -2.07. The Labute approximate surface area is 108 Å². The van der Waals surface area contributed by atoms with Crippen LogP contribution in [0.15, 0.2) is 29.2 Å². The van der Waals surface area contributed by atoms with Crippen LogP contribution < -0.4 is 0 Å². The van der Waals surface area contributed by atoms with Gasteiger partial charge < -0.3 is 0 Å². The quantitative estimate of drug-likeness (QED) is 0.349. The summed E-state index contributed by atoms with van der Waals surface area (Å²) in [7, 11) is -3.32. The number of nitro groups is 1. The number of alkyl halides is 1. The Balaban J connectivity index is 2.81. The van der Waals surface area contributed by atoms with Crippen LogP contribution in [0.5, 0.6) is 0 Å². The molecule has 0 aliphatic heterocycles. The molecule has 7 heteroatoms. The minimum absolute atomic E-state index is 0.0659. The zero-order valence-electron chi connectivity index (χ0n) is 9.00. The van der Waals surface area contributed by atoms with Gasteiger partial charge in [0, 0.05) is 17.5 Å². The van der Waals surface area contributed by atoms with Crippen LogP contribution in [0, 0.1) is 10.1 Å². The number of rotatable bonds is 6. The van der Waals surface area contributed by atoms with E-state index in [9.17, 15) is 18.5 Å². The standard InChI is InChI=1S/C10H12BrNO4S/c11-7-1-2-8-17(15,16)10-5-3-9(4-6-10)12(13)14/h3-6H,1-2,7-8H2. The molecule has 0 saturated carbocycles. The van der Waals surface area contributed by atoms with E-state index in [0.717, 1.165) is 11.8 Å². The highest BCUT2D eigenvalue weighted by Crippen LogP contribution is 2.17. The molecule has 0 spiro atoms. The van der Waals surface area contributed by atoms with Crippen molar-refractivity contribution in [3.63, 3.8) is 0 Å². The molecular weight excluding hydrogens is 310 g/mol. The van der Waals surface area contributed by atoms with Crippen LogP contribution in [0.2, 0.25) is 0 Å². The smallest absolute Gasteiger partial charge is 0.258 e. The monoisotopic (exact) mass is 321 g/mol. The van der Waals surface area contributed by atoms with Gasteiger partial charge in [0.05, 0.1) is 15.6 Å². The molecule has 1 aromatic rings. The van der Waals surface area contributed by atoms with E-state index in [0.29, 0.717) is 6.42 Å². The van der Waals surface area contributed by atoms with Crippen LogP contribution in [0.25, 0.3) is 0 Å². The molecule has 0 unspecified atom stereocenters. The van der Waals surface area contributed by atoms with E-state index in [-0.39, 0.29) is 16.3 Å². The second kappa shape index (κ2) is 6.11.